The van der Waals surface area contributed by atoms with Crippen LogP contribution in [0.3, 0.4) is 0 Å². The Balaban J connectivity index is 1.95. The van der Waals surface area contributed by atoms with Crippen molar-refractivity contribution in [2.24, 2.45) is 0 Å². The lowest BCUT2D eigenvalue weighted by molar-refractivity contribution is -0.115. The molecule has 2 aromatic carbocycles. The molecule has 0 aliphatic heterocycles. The Morgan fingerprint density at radius 2 is 1.90 bits per heavy atom. The van der Waals surface area contributed by atoms with Crippen LogP contribution >= 0.6 is 0 Å². The summed E-state index contributed by atoms with van der Waals surface area (Å²) < 4.78 is 14.1. The molecule has 1 aromatic heterocycles. The van der Waals surface area contributed by atoms with Gasteiger partial charge in [0.1, 0.15) is 5.82 Å². The highest BCUT2D eigenvalue weighted by Gasteiger charge is 2.08. The number of halogens is 1. The molecule has 0 fully saturated rings. The van der Waals surface area contributed by atoms with Gasteiger partial charge < -0.3 is 10.3 Å². The van der Waals surface area contributed by atoms with E-state index in [1.807, 2.05) is 36.5 Å². The first-order chi connectivity index (χ1) is 10.2. The summed E-state index contributed by atoms with van der Waals surface area (Å²) in [6, 6.07) is 12.7. The van der Waals surface area contributed by atoms with Gasteiger partial charge in [0.25, 0.3) is 0 Å². The molecule has 3 nitrogen and oxygen atoms in total. The summed E-state index contributed by atoms with van der Waals surface area (Å²) in [5.74, 6) is -0.626. The first-order valence-corrected chi connectivity index (χ1v) is 6.84. The SMILES string of the molecule is CCC(=O)Nc1ccc(-c2ccc3[nH]ccc3c2)cc1F. The van der Waals surface area contributed by atoms with Crippen molar-refractivity contribution in [3.63, 3.8) is 0 Å². The summed E-state index contributed by atoms with van der Waals surface area (Å²) in [5.41, 5.74) is 2.99. The van der Waals surface area contributed by atoms with Crippen LogP contribution in [0.5, 0.6) is 0 Å². The van der Waals surface area contributed by atoms with Gasteiger partial charge in [0.05, 0.1) is 5.69 Å². The number of nitrogens with one attached hydrogen (secondary N) is 2. The quantitative estimate of drug-likeness (QED) is 0.738. The predicted molar refractivity (Wildman–Crippen MR) is 82.6 cm³/mol. The Labute approximate surface area is 121 Å². The minimum absolute atomic E-state index is 0.199. The van der Waals surface area contributed by atoms with E-state index in [0.29, 0.717) is 6.42 Å². The third-order valence-electron chi connectivity index (χ3n) is 3.45. The van der Waals surface area contributed by atoms with Crippen molar-refractivity contribution in [1.82, 2.24) is 4.98 Å². The Morgan fingerprint density at radius 1 is 1.14 bits per heavy atom. The summed E-state index contributed by atoms with van der Waals surface area (Å²) in [6.45, 7) is 1.73. The number of anilines is 1. The van der Waals surface area contributed by atoms with E-state index in [4.69, 9.17) is 0 Å². The number of amides is 1. The van der Waals surface area contributed by atoms with Crippen LogP contribution < -0.4 is 5.32 Å². The zero-order valence-electron chi connectivity index (χ0n) is 11.6. The second-order valence-electron chi connectivity index (χ2n) is 4.88. The van der Waals surface area contributed by atoms with Gasteiger partial charge in [0.2, 0.25) is 5.91 Å². The molecule has 0 saturated carbocycles. The molecule has 0 radical (unpaired) electrons. The van der Waals surface area contributed by atoms with E-state index in [9.17, 15) is 9.18 Å². The Morgan fingerprint density at radius 3 is 2.67 bits per heavy atom. The smallest absolute Gasteiger partial charge is 0.224 e. The summed E-state index contributed by atoms with van der Waals surface area (Å²) in [5, 5.41) is 3.62. The van der Waals surface area contributed by atoms with E-state index in [1.165, 1.54) is 6.07 Å². The summed E-state index contributed by atoms with van der Waals surface area (Å²) in [4.78, 5) is 14.4. The maximum Gasteiger partial charge on any atom is 0.224 e. The lowest BCUT2D eigenvalue weighted by Crippen LogP contribution is -2.10. The van der Waals surface area contributed by atoms with Crippen LogP contribution in [0, 0.1) is 5.82 Å². The van der Waals surface area contributed by atoms with E-state index in [1.54, 1.807) is 13.0 Å². The summed E-state index contributed by atoms with van der Waals surface area (Å²) in [7, 11) is 0. The maximum atomic E-state index is 14.1. The average molecular weight is 282 g/mol. The van der Waals surface area contributed by atoms with Crippen LogP contribution in [0.4, 0.5) is 10.1 Å². The fraction of sp³-hybridized carbons (Fsp3) is 0.118. The van der Waals surface area contributed by atoms with Crippen LogP contribution in [0.25, 0.3) is 22.0 Å². The van der Waals surface area contributed by atoms with Crippen molar-refractivity contribution in [3.8, 4) is 11.1 Å². The van der Waals surface area contributed by atoms with Crippen molar-refractivity contribution < 1.29 is 9.18 Å². The topological polar surface area (TPSA) is 44.9 Å². The zero-order valence-corrected chi connectivity index (χ0v) is 11.6. The lowest BCUT2D eigenvalue weighted by Gasteiger charge is -2.08. The van der Waals surface area contributed by atoms with E-state index in [2.05, 4.69) is 10.3 Å². The van der Waals surface area contributed by atoms with Gasteiger partial charge in [0.15, 0.2) is 0 Å². The van der Waals surface area contributed by atoms with Gasteiger partial charge in [-0.1, -0.05) is 19.1 Å². The third-order valence-corrected chi connectivity index (χ3v) is 3.45. The second-order valence-corrected chi connectivity index (χ2v) is 4.88. The number of hydrogen-bond donors (Lipinski definition) is 2. The fourth-order valence-corrected chi connectivity index (χ4v) is 2.27. The van der Waals surface area contributed by atoms with Crippen molar-refractivity contribution in [3.05, 3.63) is 54.5 Å². The summed E-state index contributed by atoms with van der Waals surface area (Å²) in [6.07, 6.45) is 2.20. The van der Waals surface area contributed by atoms with E-state index in [0.717, 1.165) is 22.0 Å². The lowest BCUT2D eigenvalue weighted by atomic mass is 10.0. The van der Waals surface area contributed by atoms with E-state index >= 15 is 0 Å². The molecular weight excluding hydrogens is 267 g/mol. The molecule has 21 heavy (non-hydrogen) atoms. The largest absolute Gasteiger partial charge is 0.361 e. The predicted octanol–water partition coefficient (Wildman–Crippen LogP) is 4.32. The number of rotatable bonds is 3. The number of fused-ring (bicyclic) bond motifs is 1. The van der Waals surface area contributed by atoms with Crippen molar-refractivity contribution in [1.29, 1.82) is 0 Å². The van der Waals surface area contributed by atoms with Gasteiger partial charge in [-0.3, -0.25) is 4.79 Å². The highest BCUT2D eigenvalue weighted by Crippen LogP contribution is 2.27. The van der Waals surface area contributed by atoms with Gasteiger partial charge in [0, 0.05) is 18.1 Å². The fourth-order valence-electron chi connectivity index (χ4n) is 2.27. The number of H-pyrrole nitrogens is 1. The minimum Gasteiger partial charge on any atom is -0.361 e. The maximum absolute atomic E-state index is 14.1. The van der Waals surface area contributed by atoms with Gasteiger partial charge in [-0.15, -0.1) is 0 Å². The van der Waals surface area contributed by atoms with Gasteiger partial charge >= 0.3 is 0 Å². The first-order valence-electron chi connectivity index (χ1n) is 6.84. The molecule has 0 aliphatic carbocycles. The van der Waals surface area contributed by atoms with Crippen LogP contribution in [-0.2, 0) is 4.79 Å². The van der Waals surface area contributed by atoms with Gasteiger partial charge in [-0.05, 0) is 46.8 Å². The number of carbonyl (C=O) groups excluding carboxylic acids is 1. The second kappa shape index (κ2) is 5.40. The molecule has 0 aliphatic rings. The molecule has 0 unspecified atom stereocenters. The minimum atomic E-state index is -0.427. The molecular formula is C17H15FN2O. The van der Waals surface area contributed by atoms with Crippen molar-refractivity contribution in [2.45, 2.75) is 13.3 Å². The Hall–Kier alpha value is -2.62. The molecule has 0 spiro atoms. The third kappa shape index (κ3) is 2.65. The molecule has 4 heteroatoms. The number of aromatic nitrogens is 1. The molecule has 3 rings (SSSR count). The van der Waals surface area contributed by atoms with E-state index in [-0.39, 0.29) is 11.6 Å². The number of hydrogen-bond acceptors (Lipinski definition) is 1. The molecule has 1 heterocycles. The Kier molecular flexibility index (Phi) is 3.44. The van der Waals surface area contributed by atoms with E-state index < -0.39 is 5.82 Å². The summed E-state index contributed by atoms with van der Waals surface area (Å²) >= 11 is 0. The molecule has 0 saturated heterocycles. The number of benzene rings is 2. The Bertz CT molecular complexity index is 807. The van der Waals surface area contributed by atoms with Crippen LogP contribution in [0.15, 0.2) is 48.7 Å². The zero-order chi connectivity index (χ0) is 14.8. The van der Waals surface area contributed by atoms with Crippen molar-refractivity contribution in [2.75, 3.05) is 5.32 Å². The normalized spacial score (nSPS) is 10.8. The molecule has 106 valence electrons. The highest BCUT2D eigenvalue weighted by molar-refractivity contribution is 5.91. The monoisotopic (exact) mass is 282 g/mol. The standard InChI is InChI=1S/C17H15FN2O/c1-2-17(21)20-16-6-4-12(10-14(16)18)11-3-5-15-13(9-11)7-8-19-15/h3-10,19H,2H2,1H3,(H,20,21). The van der Waals surface area contributed by atoms with Crippen LogP contribution in [-0.4, -0.2) is 10.9 Å². The first kappa shape index (κ1) is 13.4. The highest BCUT2D eigenvalue weighted by atomic mass is 19.1. The van der Waals surface area contributed by atoms with Crippen molar-refractivity contribution >= 4 is 22.5 Å². The van der Waals surface area contributed by atoms with Crippen LogP contribution in [0.2, 0.25) is 0 Å². The molecule has 3 aromatic rings. The molecule has 2 N–H and O–H groups in total. The molecule has 0 bridgehead atoms. The molecule has 1 amide bonds. The number of aromatic amines is 1. The number of carbonyl (C=O) groups is 1. The molecule has 0 atom stereocenters. The average Bonchev–Trinajstić information content (AvgIpc) is 2.96. The van der Waals surface area contributed by atoms with Gasteiger partial charge in [-0.2, -0.15) is 0 Å². The van der Waals surface area contributed by atoms with Gasteiger partial charge in [-0.25, -0.2) is 4.39 Å². The van der Waals surface area contributed by atoms with Crippen LogP contribution in [0.1, 0.15) is 13.3 Å².